The van der Waals surface area contributed by atoms with Crippen molar-refractivity contribution in [2.24, 2.45) is 5.92 Å². The zero-order valence-corrected chi connectivity index (χ0v) is 8.41. The van der Waals surface area contributed by atoms with E-state index in [1.54, 1.807) is 0 Å². The minimum absolute atomic E-state index is 0.833. The molecule has 0 amide bonds. The molecule has 70 valence electrons. The molecule has 0 radical (unpaired) electrons. The van der Waals surface area contributed by atoms with Crippen LogP contribution in [0.5, 0.6) is 0 Å². The van der Waals surface area contributed by atoms with Crippen LogP contribution in [0.15, 0.2) is 30.5 Å². The molecule has 13 heavy (non-hydrogen) atoms. The molecule has 0 fully saturated rings. The maximum absolute atomic E-state index is 3.88. The Morgan fingerprint density at radius 1 is 1.15 bits per heavy atom. The quantitative estimate of drug-likeness (QED) is 0.656. The van der Waals surface area contributed by atoms with E-state index in [1.807, 2.05) is 30.5 Å². The van der Waals surface area contributed by atoms with E-state index in [-0.39, 0.29) is 0 Å². The van der Waals surface area contributed by atoms with Crippen LogP contribution in [0.4, 0.5) is 0 Å². The summed E-state index contributed by atoms with van der Waals surface area (Å²) >= 11 is 0. The third kappa shape index (κ3) is 3.28. The molecule has 0 unspecified atom stereocenters. The highest BCUT2D eigenvalue weighted by Crippen LogP contribution is 2.06. The molecule has 0 aliphatic rings. The summed E-state index contributed by atoms with van der Waals surface area (Å²) in [5.41, 5.74) is 1.09. The van der Waals surface area contributed by atoms with Crippen molar-refractivity contribution >= 4 is 10.9 Å². The van der Waals surface area contributed by atoms with Crippen LogP contribution in [0.3, 0.4) is 0 Å². The van der Waals surface area contributed by atoms with Gasteiger partial charge in [0.05, 0.1) is 11.7 Å². The Morgan fingerprint density at radius 2 is 1.77 bits per heavy atom. The zero-order chi connectivity index (χ0) is 9.68. The van der Waals surface area contributed by atoms with E-state index in [9.17, 15) is 0 Å². The molecule has 2 nitrogen and oxygen atoms in total. The molecule has 1 aromatic heterocycles. The third-order valence-corrected chi connectivity index (χ3v) is 1.35. The van der Waals surface area contributed by atoms with Gasteiger partial charge in [-0.3, -0.25) is 5.10 Å². The van der Waals surface area contributed by atoms with Crippen LogP contribution in [0.2, 0.25) is 0 Å². The van der Waals surface area contributed by atoms with Crippen LogP contribution in [-0.2, 0) is 0 Å². The Bertz CT molecular complexity index is 317. The van der Waals surface area contributed by atoms with Gasteiger partial charge >= 0.3 is 0 Å². The van der Waals surface area contributed by atoms with Crippen LogP contribution in [0, 0.1) is 5.92 Å². The summed E-state index contributed by atoms with van der Waals surface area (Å²) in [5.74, 6) is 0.833. The Morgan fingerprint density at radius 3 is 2.38 bits per heavy atom. The van der Waals surface area contributed by atoms with E-state index in [0.717, 1.165) is 16.8 Å². The van der Waals surface area contributed by atoms with Gasteiger partial charge < -0.3 is 0 Å². The van der Waals surface area contributed by atoms with E-state index in [0.29, 0.717) is 0 Å². The number of aromatic amines is 1. The number of aromatic nitrogens is 2. The zero-order valence-electron chi connectivity index (χ0n) is 8.41. The lowest BCUT2D eigenvalue weighted by Crippen LogP contribution is -1.66. The number of hydrogen-bond acceptors (Lipinski definition) is 1. The molecule has 2 heteroatoms. The van der Waals surface area contributed by atoms with E-state index in [2.05, 4.69) is 31.0 Å². The van der Waals surface area contributed by atoms with Crippen molar-refractivity contribution in [3.63, 3.8) is 0 Å². The summed E-state index contributed by atoms with van der Waals surface area (Å²) in [4.78, 5) is 0. The van der Waals surface area contributed by atoms with Gasteiger partial charge in [-0.2, -0.15) is 5.10 Å². The number of hydrogen-bond donors (Lipinski definition) is 1. The van der Waals surface area contributed by atoms with Crippen LogP contribution in [0.1, 0.15) is 20.8 Å². The topological polar surface area (TPSA) is 28.7 Å². The lowest BCUT2D eigenvalue weighted by Gasteiger charge is -1.81. The first-order valence-electron chi connectivity index (χ1n) is 4.58. The molecular weight excluding hydrogens is 160 g/mol. The summed E-state index contributed by atoms with van der Waals surface area (Å²) in [7, 11) is 0. The first kappa shape index (κ1) is 9.78. The number of para-hydroxylation sites is 1. The van der Waals surface area contributed by atoms with Gasteiger partial charge in [-0.1, -0.05) is 39.0 Å². The first-order chi connectivity index (χ1) is 6.20. The molecule has 0 atom stereocenters. The molecule has 0 saturated heterocycles. The van der Waals surface area contributed by atoms with Gasteiger partial charge in [-0.25, -0.2) is 0 Å². The van der Waals surface area contributed by atoms with Gasteiger partial charge in [0.15, 0.2) is 0 Å². The number of rotatable bonds is 0. The van der Waals surface area contributed by atoms with Crippen molar-refractivity contribution in [1.82, 2.24) is 10.2 Å². The van der Waals surface area contributed by atoms with Crippen molar-refractivity contribution in [2.75, 3.05) is 0 Å². The summed E-state index contributed by atoms with van der Waals surface area (Å²) in [5, 5.41) is 7.91. The van der Waals surface area contributed by atoms with Gasteiger partial charge in [-0.15, -0.1) is 0 Å². The molecule has 0 aliphatic heterocycles. The van der Waals surface area contributed by atoms with Crippen molar-refractivity contribution in [1.29, 1.82) is 0 Å². The summed E-state index contributed by atoms with van der Waals surface area (Å²) in [6.07, 6.45) is 1.81. The fourth-order valence-electron chi connectivity index (χ4n) is 0.883. The van der Waals surface area contributed by atoms with Crippen LogP contribution >= 0.6 is 0 Å². The maximum Gasteiger partial charge on any atom is 0.0650 e. The third-order valence-electron chi connectivity index (χ3n) is 1.35. The molecule has 0 spiro atoms. The fraction of sp³-hybridized carbons (Fsp3) is 0.364. The van der Waals surface area contributed by atoms with E-state index in [1.165, 1.54) is 0 Å². The molecule has 1 N–H and O–H groups in total. The standard InChI is InChI=1S/C7H6N2.C4H10/c1-2-4-7-6(3-1)5-8-9-7;1-4(2)3/h1-5H,(H,8,9);4H,1-3H3. The van der Waals surface area contributed by atoms with Crippen LogP contribution in [0.25, 0.3) is 10.9 Å². The van der Waals surface area contributed by atoms with Crippen LogP contribution in [-0.4, -0.2) is 10.2 Å². The van der Waals surface area contributed by atoms with Gasteiger partial charge in [0, 0.05) is 5.39 Å². The van der Waals surface area contributed by atoms with Gasteiger partial charge in [0.2, 0.25) is 0 Å². The molecular formula is C11H16N2. The molecule has 2 rings (SSSR count). The van der Waals surface area contributed by atoms with E-state index < -0.39 is 0 Å². The average molecular weight is 176 g/mol. The minimum atomic E-state index is 0.833. The van der Waals surface area contributed by atoms with Gasteiger partial charge in [0.1, 0.15) is 0 Å². The van der Waals surface area contributed by atoms with Crippen molar-refractivity contribution in [3.8, 4) is 0 Å². The highest BCUT2D eigenvalue weighted by Gasteiger charge is 1.88. The van der Waals surface area contributed by atoms with Crippen molar-refractivity contribution in [3.05, 3.63) is 30.5 Å². The lowest BCUT2D eigenvalue weighted by molar-refractivity contribution is 0.737. The predicted molar refractivity (Wildman–Crippen MR) is 56.6 cm³/mol. The number of benzene rings is 1. The summed E-state index contributed by atoms with van der Waals surface area (Å²) in [6, 6.07) is 8.01. The SMILES string of the molecule is CC(C)C.c1ccc2[nH]ncc2c1. The number of fused-ring (bicyclic) bond motifs is 1. The number of H-pyrrole nitrogens is 1. The summed E-state index contributed by atoms with van der Waals surface area (Å²) in [6.45, 7) is 6.50. The normalized spacial score (nSPS) is 9.85. The fourth-order valence-corrected chi connectivity index (χ4v) is 0.883. The Kier molecular flexibility index (Phi) is 3.50. The molecule has 1 aromatic carbocycles. The highest BCUT2D eigenvalue weighted by atomic mass is 15.1. The molecule has 0 bridgehead atoms. The van der Waals surface area contributed by atoms with Crippen LogP contribution < -0.4 is 0 Å². The Labute approximate surface area is 79.0 Å². The van der Waals surface area contributed by atoms with Crippen molar-refractivity contribution in [2.45, 2.75) is 20.8 Å². The smallest absolute Gasteiger partial charge is 0.0650 e. The average Bonchev–Trinajstić information content (AvgIpc) is 2.49. The van der Waals surface area contributed by atoms with Gasteiger partial charge in [0.25, 0.3) is 0 Å². The lowest BCUT2D eigenvalue weighted by atomic mass is 10.3. The molecule has 0 saturated carbocycles. The second-order valence-electron chi connectivity index (χ2n) is 3.69. The second kappa shape index (κ2) is 4.65. The Hall–Kier alpha value is -1.31. The maximum atomic E-state index is 3.88. The molecule has 0 aliphatic carbocycles. The largest absolute Gasteiger partial charge is 0.278 e. The first-order valence-corrected chi connectivity index (χ1v) is 4.58. The predicted octanol–water partition coefficient (Wildman–Crippen LogP) is 3.23. The second-order valence-corrected chi connectivity index (χ2v) is 3.69. The Balaban J connectivity index is 0.000000184. The van der Waals surface area contributed by atoms with E-state index >= 15 is 0 Å². The highest BCUT2D eigenvalue weighted by molar-refractivity contribution is 5.77. The van der Waals surface area contributed by atoms with E-state index in [4.69, 9.17) is 0 Å². The minimum Gasteiger partial charge on any atom is -0.278 e. The molecule has 2 aromatic rings. The molecule has 1 heterocycles. The monoisotopic (exact) mass is 176 g/mol. The summed E-state index contributed by atoms with van der Waals surface area (Å²) < 4.78 is 0. The number of nitrogens with zero attached hydrogens (tertiary/aromatic N) is 1. The van der Waals surface area contributed by atoms with Gasteiger partial charge in [-0.05, 0) is 12.0 Å². The number of nitrogens with one attached hydrogen (secondary N) is 1. The van der Waals surface area contributed by atoms with Crippen molar-refractivity contribution < 1.29 is 0 Å².